The van der Waals surface area contributed by atoms with Crippen LogP contribution in [0.4, 0.5) is 0 Å². The van der Waals surface area contributed by atoms with E-state index in [0.29, 0.717) is 28.4 Å². The summed E-state index contributed by atoms with van der Waals surface area (Å²) in [6.45, 7) is 3.93. The Labute approximate surface area is 143 Å². The lowest BCUT2D eigenvalue weighted by molar-refractivity contribution is 0.375. The molecular formula is C15H18N6O2S. The van der Waals surface area contributed by atoms with Crippen molar-refractivity contribution >= 4 is 11.8 Å². The van der Waals surface area contributed by atoms with E-state index < -0.39 is 0 Å². The SMILES string of the molecule is CCc1noc(C(C)Sc2nnc(-c3ccccc3OC)n2N)n1. The van der Waals surface area contributed by atoms with Gasteiger partial charge in [0.15, 0.2) is 11.6 Å². The summed E-state index contributed by atoms with van der Waals surface area (Å²) in [5.74, 6) is 8.60. The van der Waals surface area contributed by atoms with Gasteiger partial charge >= 0.3 is 0 Å². The molecule has 0 saturated carbocycles. The monoisotopic (exact) mass is 346 g/mol. The lowest BCUT2D eigenvalue weighted by Crippen LogP contribution is -2.12. The van der Waals surface area contributed by atoms with Gasteiger partial charge in [-0.15, -0.1) is 10.2 Å². The number of methoxy groups -OCH3 is 1. The molecule has 8 nitrogen and oxygen atoms in total. The summed E-state index contributed by atoms with van der Waals surface area (Å²) in [5, 5.41) is 12.7. The van der Waals surface area contributed by atoms with Crippen LogP contribution in [0, 0.1) is 0 Å². The van der Waals surface area contributed by atoms with E-state index in [4.69, 9.17) is 15.1 Å². The van der Waals surface area contributed by atoms with Crippen LogP contribution in [0.15, 0.2) is 33.9 Å². The minimum atomic E-state index is -0.0881. The molecule has 0 fully saturated rings. The van der Waals surface area contributed by atoms with Gasteiger partial charge in [0, 0.05) is 6.42 Å². The van der Waals surface area contributed by atoms with E-state index in [9.17, 15) is 0 Å². The number of nitrogens with zero attached hydrogens (tertiary/aromatic N) is 5. The zero-order chi connectivity index (χ0) is 17.1. The average Bonchev–Trinajstić information content (AvgIpc) is 3.22. The van der Waals surface area contributed by atoms with Crippen molar-refractivity contribution in [3.63, 3.8) is 0 Å². The third kappa shape index (κ3) is 3.07. The highest BCUT2D eigenvalue weighted by Crippen LogP contribution is 2.35. The third-order valence-corrected chi connectivity index (χ3v) is 4.49. The van der Waals surface area contributed by atoms with Gasteiger partial charge in [0.05, 0.1) is 17.9 Å². The first-order chi connectivity index (χ1) is 11.6. The van der Waals surface area contributed by atoms with Crippen LogP contribution in [-0.4, -0.2) is 32.1 Å². The normalized spacial score (nSPS) is 12.3. The number of hydrogen-bond donors (Lipinski definition) is 1. The van der Waals surface area contributed by atoms with Gasteiger partial charge in [-0.25, -0.2) is 4.68 Å². The molecule has 0 saturated heterocycles. The maximum absolute atomic E-state index is 6.17. The highest BCUT2D eigenvalue weighted by Gasteiger charge is 2.21. The predicted molar refractivity (Wildman–Crippen MR) is 90.1 cm³/mol. The summed E-state index contributed by atoms with van der Waals surface area (Å²) in [5.41, 5.74) is 0.778. The van der Waals surface area contributed by atoms with Crippen LogP contribution in [0.1, 0.15) is 30.8 Å². The standard InChI is InChI=1S/C15H18N6O2S/c1-4-12-17-14(23-20-12)9(2)24-15-19-18-13(21(15)16)10-7-5-6-8-11(10)22-3/h5-9H,4,16H2,1-3H3. The Morgan fingerprint density at radius 1 is 1.33 bits per heavy atom. The molecule has 24 heavy (non-hydrogen) atoms. The van der Waals surface area contributed by atoms with E-state index in [1.54, 1.807) is 7.11 Å². The Hall–Kier alpha value is -2.55. The van der Waals surface area contributed by atoms with Crippen molar-refractivity contribution in [3.05, 3.63) is 36.0 Å². The fourth-order valence-electron chi connectivity index (χ4n) is 2.16. The van der Waals surface area contributed by atoms with Crippen LogP contribution in [0.5, 0.6) is 5.75 Å². The summed E-state index contributed by atoms with van der Waals surface area (Å²) in [6, 6.07) is 7.52. The molecule has 126 valence electrons. The van der Waals surface area contributed by atoms with Crippen molar-refractivity contribution in [2.45, 2.75) is 30.7 Å². The number of aromatic nitrogens is 5. The lowest BCUT2D eigenvalue weighted by atomic mass is 10.2. The zero-order valence-electron chi connectivity index (χ0n) is 13.6. The van der Waals surface area contributed by atoms with Gasteiger partial charge in [0.2, 0.25) is 11.0 Å². The first kappa shape index (κ1) is 16.3. The molecule has 0 spiro atoms. The topological polar surface area (TPSA) is 105 Å². The highest BCUT2D eigenvalue weighted by molar-refractivity contribution is 7.99. The second-order valence-electron chi connectivity index (χ2n) is 5.04. The second-order valence-corrected chi connectivity index (χ2v) is 6.35. The lowest BCUT2D eigenvalue weighted by Gasteiger charge is -2.08. The first-order valence-corrected chi connectivity index (χ1v) is 8.35. The molecule has 3 aromatic rings. The average molecular weight is 346 g/mol. The number of hydrogen-bond acceptors (Lipinski definition) is 8. The smallest absolute Gasteiger partial charge is 0.239 e. The Balaban J connectivity index is 1.84. The fourth-order valence-corrected chi connectivity index (χ4v) is 2.96. The Bertz CT molecular complexity index is 831. The minimum Gasteiger partial charge on any atom is -0.496 e. The molecule has 9 heteroatoms. The van der Waals surface area contributed by atoms with Gasteiger partial charge in [0.1, 0.15) is 5.75 Å². The molecule has 1 aromatic carbocycles. The molecule has 0 aliphatic rings. The molecular weight excluding hydrogens is 328 g/mol. The Morgan fingerprint density at radius 2 is 2.12 bits per heavy atom. The predicted octanol–water partition coefficient (Wildman–Crippen LogP) is 2.47. The molecule has 0 aliphatic carbocycles. The first-order valence-electron chi connectivity index (χ1n) is 7.47. The van der Waals surface area contributed by atoms with E-state index in [1.165, 1.54) is 16.4 Å². The van der Waals surface area contributed by atoms with Crippen molar-refractivity contribution in [1.82, 2.24) is 25.0 Å². The number of nitrogen functional groups attached to an aromatic ring is 1. The number of para-hydroxylation sites is 1. The maximum Gasteiger partial charge on any atom is 0.239 e. The van der Waals surface area contributed by atoms with Gasteiger partial charge in [-0.2, -0.15) is 4.98 Å². The largest absolute Gasteiger partial charge is 0.496 e. The molecule has 2 heterocycles. The van der Waals surface area contributed by atoms with Gasteiger partial charge < -0.3 is 15.1 Å². The Morgan fingerprint density at radius 3 is 2.83 bits per heavy atom. The maximum atomic E-state index is 6.17. The van der Waals surface area contributed by atoms with Crippen molar-refractivity contribution in [2.24, 2.45) is 0 Å². The molecule has 2 aromatic heterocycles. The minimum absolute atomic E-state index is 0.0881. The van der Waals surface area contributed by atoms with E-state index in [0.717, 1.165) is 12.0 Å². The molecule has 1 atom stereocenters. The summed E-state index contributed by atoms with van der Waals surface area (Å²) in [6.07, 6.45) is 0.728. The molecule has 0 amide bonds. The summed E-state index contributed by atoms with van der Waals surface area (Å²) in [4.78, 5) is 4.33. The van der Waals surface area contributed by atoms with Crippen molar-refractivity contribution in [1.29, 1.82) is 0 Å². The van der Waals surface area contributed by atoms with Crippen molar-refractivity contribution in [2.75, 3.05) is 13.0 Å². The van der Waals surface area contributed by atoms with Gasteiger partial charge in [0.25, 0.3) is 0 Å². The number of rotatable bonds is 6. The van der Waals surface area contributed by atoms with Crippen molar-refractivity contribution < 1.29 is 9.26 Å². The van der Waals surface area contributed by atoms with Crippen LogP contribution in [0.3, 0.4) is 0 Å². The van der Waals surface area contributed by atoms with Crippen molar-refractivity contribution in [3.8, 4) is 17.1 Å². The summed E-state index contributed by atoms with van der Waals surface area (Å²) < 4.78 is 12.1. The van der Waals surface area contributed by atoms with E-state index in [-0.39, 0.29) is 5.25 Å². The quantitative estimate of drug-likeness (QED) is 0.536. The Kier molecular flexibility index (Phi) is 4.70. The third-order valence-electron chi connectivity index (χ3n) is 3.44. The number of thioether (sulfide) groups is 1. The molecule has 3 rings (SSSR count). The van der Waals surface area contributed by atoms with E-state index >= 15 is 0 Å². The van der Waals surface area contributed by atoms with E-state index in [2.05, 4.69) is 20.3 Å². The highest BCUT2D eigenvalue weighted by atomic mass is 32.2. The number of ether oxygens (including phenoxy) is 1. The molecule has 1 unspecified atom stereocenters. The zero-order valence-corrected chi connectivity index (χ0v) is 14.4. The summed E-state index contributed by atoms with van der Waals surface area (Å²) in [7, 11) is 1.61. The number of nitrogens with two attached hydrogens (primary N) is 1. The molecule has 0 bridgehead atoms. The molecule has 2 N–H and O–H groups in total. The van der Waals surface area contributed by atoms with Gasteiger partial charge in [-0.3, -0.25) is 0 Å². The number of aryl methyl sites for hydroxylation is 1. The number of benzene rings is 1. The molecule has 0 radical (unpaired) electrons. The fraction of sp³-hybridized carbons (Fsp3) is 0.333. The summed E-state index contributed by atoms with van der Waals surface area (Å²) >= 11 is 1.40. The van der Waals surface area contributed by atoms with Crippen LogP contribution in [0.2, 0.25) is 0 Å². The van der Waals surface area contributed by atoms with Crippen LogP contribution in [0.25, 0.3) is 11.4 Å². The van der Waals surface area contributed by atoms with Gasteiger partial charge in [-0.05, 0) is 19.1 Å². The van der Waals surface area contributed by atoms with E-state index in [1.807, 2.05) is 38.1 Å². The van der Waals surface area contributed by atoms with Gasteiger partial charge in [-0.1, -0.05) is 36.0 Å². The van der Waals surface area contributed by atoms with Crippen LogP contribution < -0.4 is 10.6 Å². The second kappa shape index (κ2) is 6.91. The molecule has 0 aliphatic heterocycles. The van der Waals surface area contributed by atoms with Crippen LogP contribution in [-0.2, 0) is 6.42 Å². The van der Waals surface area contributed by atoms with Crippen LogP contribution >= 0.6 is 11.8 Å².